The second-order valence-corrected chi connectivity index (χ2v) is 6.34. The largest absolute Gasteiger partial charge is 0.475 e. The van der Waals surface area contributed by atoms with Crippen molar-refractivity contribution >= 4 is 40.1 Å². The molecule has 0 amide bonds. The van der Waals surface area contributed by atoms with Gasteiger partial charge in [-0.1, -0.05) is 23.2 Å². The van der Waals surface area contributed by atoms with E-state index < -0.39 is 12.1 Å². The van der Waals surface area contributed by atoms with E-state index in [0.29, 0.717) is 27.4 Å². The number of rotatable bonds is 5. The Morgan fingerprint density at radius 2 is 1.73 bits per heavy atom. The molecule has 7 heteroatoms. The number of pyridine rings is 1. The molecule has 1 aromatic heterocycles. The van der Waals surface area contributed by atoms with Crippen molar-refractivity contribution in [1.82, 2.24) is 4.98 Å². The highest BCUT2D eigenvalue weighted by Gasteiger charge is 2.18. The topological polar surface area (TPSA) is 57.7 Å². The minimum Gasteiger partial charge on any atom is -0.475 e. The molecule has 2 aromatic carbocycles. The van der Waals surface area contributed by atoms with Crippen LogP contribution in [-0.2, 0) is 9.53 Å². The van der Waals surface area contributed by atoms with E-state index in [1.807, 2.05) is 18.2 Å². The summed E-state index contributed by atoms with van der Waals surface area (Å²) < 4.78 is 16.1. The quantitative estimate of drug-likeness (QED) is 0.554. The van der Waals surface area contributed by atoms with Gasteiger partial charge in [-0.05, 0) is 43.3 Å². The van der Waals surface area contributed by atoms with Crippen LogP contribution in [0.25, 0.3) is 10.9 Å². The van der Waals surface area contributed by atoms with Crippen LogP contribution in [0, 0.1) is 0 Å². The standard InChI is InChI=1S/C19H15Cl2NO4/c1-11(19(23)24-2)25-17-10-14(21)5-7-16(17)26-18-8-3-12-9-13(20)4-6-15(12)22-18/h3-11H,1-2H3. The summed E-state index contributed by atoms with van der Waals surface area (Å²) in [7, 11) is 1.29. The van der Waals surface area contributed by atoms with Crippen molar-refractivity contribution in [2.75, 3.05) is 7.11 Å². The van der Waals surface area contributed by atoms with Gasteiger partial charge in [0.1, 0.15) is 0 Å². The molecule has 26 heavy (non-hydrogen) atoms. The third-order valence-corrected chi connectivity index (χ3v) is 4.05. The van der Waals surface area contributed by atoms with Crippen LogP contribution in [0.2, 0.25) is 10.0 Å². The first kappa shape index (κ1) is 18.3. The van der Waals surface area contributed by atoms with Gasteiger partial charge >= 0.3 is 5.97 Å². The van der Waals surface area contributed by atoms with Gasteiger partial charge in [0, 0.05) is 27.6 Å². The third-order valence-electron chi connectivity index (χ3n) is 3.58. The SMILES string of the molecule is COC(=O)C(C)Oc1cc(Cl)ccc1Oc1ccc2cc(Cl)ccc2n1. The van der Waals surface area contributed by atoms with E-state index in [0.717, 1.165) is 10.9 Å². The molecule has 0 saturated heterocycles. The molecular formula is C19H15Cl2NO4. The highest BCUT2D eigenvalue weighted by molar-refractivity contribution is 6.31. The average molecular weight is 392 g/mol. The van der Waals surface area contributed by atoms with Crippen molar-refractivity contribution in [1.29, 1.82) is 0 Å². The number of methoxy groups -OCH3 is 1. The maximum Gasteiger partial charge on any atom is 0.346 e. The molecule has 0 N–H and O–H groups in total. The number of carbonyl (C=O) groups is 1. The number of hydrogen-bond acceptors (Lipinski definition) is 5. The summed E-state index contributed by atoms with van der Waals surface area (Å²) in [6.07, 6.45) is -0.812. The monoisotopic (exact) mass is 391 g/mol. The average Bonchev–Trinajstić information content (AvgIpc) is 2.63. The Labute approximate surface area is 160 Å². The number of benzene rings is 2. The predicted octanol–water partition coefficient (Wildman–Crippen LogP) is 5.27. The van der Waals surface area contributed by atoms with Crippen LogP contribution in [0.15, 0.2) is 48.5 Å². The molecule has 0 bridgehead atoms. The molecule has 0 fully saturated rings. The first-order valence-corrected chi connectivity index (χ1v) is 8.50. The molecular weight excluding hydrogens is 377 g/mol. The van der Waals surface area contributed by atoms with Crippen molar-refractivity contribution in [2.24, 2.45) is 0 Å². The highest BCUT2D eigenvalue weighted by Crippen LogP contribution is 2.34. The number of ether oxygens (including phenoxy) is 3. The zero-order chi connectivity index (χ0) is 18.7. The molecule has 3 aromatic rings. The Balaban J connectivity index is 1.89. The van der Waals surface area contributed by atoms with Crippen LogP contribution in [0.3, 0.4) is 0 Å². The fourth-order valence-electron chi connectivity index (χ4n) is 2.31. The van der Waals surface area contributed by atoms with E-state index in [1.54, 1.807) is 37.3 Å². The van der Waals surface area contributed by atoms with Gasteiger partial charge in [-0.15, -0.1) is 0 Å². The molecule has 5 nitrogen and oxygen atoms in total. The first-order chi connectivity index (χ1) is 12.5. The van der Waals surface area contributed by atoms with Gasteiger partial charge in [0.05, 0.1) is 12.6 Å². The van der Waals surface area contributed by atoms with Crippen LogP contribution in [-0.4, -0.2) is 24.2 Å². The normalized spacial score (nSPS) is 11.8. The second-order valence-electron chi connectivity index (χ2n) is 5.46. The molecule has 1 heterocycles. The number of esters is 1. The van der Waals surface area contributed by atoms with Crippen LogP contribution in [0.5, 0.6) is 17.4 Å². The maximum absolute atomic E-state index is 11.6. The number of carbonyl (C=O) groups excluding carboxylic acids is 1. The van der Waals surface area contributed by atoms with E-state index in [9.17, 15) is 4.79 Å². The molecule has 3 rings (SSSR count). The van der Waals surface area contributed by atoms with Crippen LogP contribution in [0.4, 0.5) is 0 Å². The zero-order valence-corrected chi connectivity index (χ0v) is 15.5. The van der Waals surface area contributed by atoms with E-state index in [2.05, 4.69) is 9.72 Å². The van der Waals surface area contributed by atoms with Crippen LogP contribution in [0.1, 0.15) is 6.92 Å². The van der Waals surface area contributed by atoms with Gasteiger partial charge in [-0.25, -0.2) is 9.78 Å². The summed E-state index contributed by atoms with van der Waals surface area (Å²) in [6, 6.07) is 13.8. The number of nitrogens with zero attached hydrogens (tertiary/aromatic N) is 1. The maximum atomic E-state index is 11.6. The lowest BCUT2D eigenvalue weighted by molar-refractivity contribution is -0.147. The lowest BCUT2D eigenvalue weighted by atomic mass is 10.2. The Morgan fingerprint density at radius 1 is 1.00 bits per heavy atom. The molecule has 0 aliphatic heterocycles. The van der Waals surface area contributed by atoms with Crippen molar-refractivity contribution in [2.45, 2.75) is 13.0 Å². The predicted molar refractivity (Wildman–Crippen MR) is 100 cm³/mol. The number of hydrogen-bond donors (Lipinski definition) is 0. The Hall–Kier alpha value is -2.50. The van der Waals surface area contributed by atoms with Crippen molar-refractivity contribution < 1.29 is 19.0 Å². The van der Waals surface area contributed by atoms with Crippen LogP contribution < -0.4 is 9.47 Å². The molecule has 0 radical (unpaired) electrons. The summed E-state index contributed by atoms with van der Waals surface area (Å²) in [5, 5.41) is 1.99. The third kappa shape index (κ3) is 4.18. The molecule has 0 aliphatic rings. The summed E-state index contributed by atoms with van der Waals surface area (Å²) in [4.78, 5) is 16.0. The van der Waals surface area contributed by atoms with Gasteiger partial charge in [0.25, 0.3) is 0 Å². The fourth-order valence-corrected chi connectivity index (χ4v) is 2.65. The van der Waals surface area contributed by atoms with Crippen molar-refractivity contribution in [3.63, 3.8) is 0 Å². The molecule has 1 atom stereocenters. The summed E-state index contributed by atoms with van der Waals surface area (Å²) in [6.45, 7) is 1.58. The van der Waals surface area contributed by atoms with E-state index in [1.165, 1.54) is 7.11 Å². The lowest BCUT2D eigenvalue weighted by Gasteiger charge is -2.16. The van der Waals surface area contributed by atoms with Gasteiger partial charge < -0.3 is 14.2 Å². The summed E-state index contributed by atoms with van der Waals surface area (Å²) in [5.74, 6) is 0.564. The van der Waals surface area contributed by atoms with Crippen LogP contribution >= 0.6 is 23.2 Å². The van der Waals surface area contributed by atoms with Gasteiger partial charge in [0.2, 0.25) is 5.88 Å². The molecule has 134 valence electrons. The summed E-state index contributed by atoms with van der Waals surface area (Å²) in [5.41, 5.74) is 0.742. The van der Waals surface area contributed by atoms with E-state index >= 15 is 0 Å². The zero-order valence-electron chi connectivity index (χ0n) is 14.0. The molecule has 0 aliphatic carbocycles. The second kappa shape index (κ2) is 7.81. The molecule has 0 saturated carbocycles. The Kier molecular flexibility index (Phi) is 5.49. The minimum absolute atomic E-state index is 0.313. The Bertz CT molecular complexity index is 961. The highest BCUT2D eigenvalue weighted by atomic mass is 35.5. The van der Waals surface area contributed by atoms with Gasteiger partial charge in [-0.2, -0.15) is 0 Å². The molecule has 1 unspecified atom stereocenters. The number of fused-ring (bicyclic) bond motifs is 1. The fraction of sp³-hybridized carbons (Fsp3) is 0.158. The van der Waals surface area contributed by atoms with Gasteiger partial charge in [0.15, 0.2) is 17.6 Å². The first-order valence-electron chi connectivity index (χ1n) is 7.74. The van der Waals surface area contributed by atoms with Gasteiger partial charge in [-0.3, -0.25) is 0 Å². The Morgan fingerprint density at radius 3 is 2.50 bits per heavy atom. The minimum atomic E-state index is -0.812. The number of halogens is 2. The van der Waals surface area contributed by atoms with Crippen molar-refractivity contribution in [3.05, 3.63) is 58.6 Å². The molecule has 0 spiro atoms. The van der Waals surface area contributed by atoms with E-state index in [-0.39, 0.29) is 0 Å². The number of aromatic nitrogens is 1. The summed E-state index contributed by atoms with van der Waals surface area (Å²) >= 11 is 12.0. The smallest absolute Gasteiger partial charge is 0.346 e. The lowest BCUT2D eigenvalue weighted by Crippen LogP contribution is -2.25. The van der Waals surface area contributed by atoms with E-state index in [4.69, 9.17) is 32.7 Å². The van der Waals surface area contributed by atoms with Crippen molar-refractivity contribution in [3.8, 4) is 17.4 Å².